The van der Waals surface area contributed by atoms with E-state index < -0.39 is 17.6 Å². The number of thioether (sulfide) groups is 1. The highest BCUT2D eigenvalue weighted by atomic mass is 32.2. The van der Waals surface area contributed by atoms with Crippen molar-refractivity contribution in [2.75, 3.05) is 29.1 Å². The molecule has 0 aliphatic heterocycles. The largest absolute Gasteiger partial charge is 0.416 e. The molecule has 0 saturated heterocycles. The van der Waals surface area contributed by atoms with Crippen LogP contribution in [0.1, 0.15) is 19.4 Å². The van der Waals surface area contributed by atoms with Crippen molar-refractivity contribution in [2.45, 2.75) is 31.7 Å². The van der Waals surface area contributed by atoms with Gasteiger partial charge in [-0.05, 0) is 56.3 Å². The van der Waals surface area contributed by atoms with E-state index in [0.29, 0.717) is 17.5 Å². The van der Waals surface area contributed by atoms with E-state index in [1.165, 1.54) is 12.1 Å². The Hall–Kier alpha value is -3.27. The fourth-order valence-electron chi connectivity index (χ4n) is 3.41. The van der Waals surface area contributed by atoms with E-state index in [-0.39, 0.29) is 11.4 Å². The summed E-state index contributed by atoms with van der Waals surface area (Å²) in [6.07, 6.45) is -2.76. The minimum atomic E-state index is -4.48. The van der Waals surface area contributed by atoms with E-state index in [1.54, 1.807) is 6.08 Å². The minimum absolute atomic E-state index is 0.0353. The molecule has 0 spiro atoms. The second-order valence-electron chi connectivity index (χ2n) is 7.34. The van der Waals surface area contributed by atoms with Crippen LogP contribution in [0.5, 0.6) is 0 Å². The minimum Gasteiger partial charge on any atom is -0.372 e. The van der Waals surface area contributed by atoms with E-state index in [2.05, 4.69) is 40.8 Å². The molecule has 2 aromatic carbocycles. The number of nitrogens with zero attached hydrogens (tertiary/aromatic N) is 4. The Kier molecular flexibility index (Phi) is 8.38. The first-order valence-electron chi connectivity index (χ1n) is 10.8. The molecule has 10 heteroatoms. The maximum atomic E-state index is 12.9. The first-order chi connectivity index (χ1) is 16.3. The maximum Gasteiger partial charge on any atom is 0.416 e. The topological polar surface area (TPSA) is 63.1 Å². The van der Waals surface area contributed by atoms with Crippen LogP contribution in [0.2, 0.25) is 0 Å². The highest BCUT2D eigenvalue weighted by molar-refractivity contribution is 7.99. The molecule has 1 N–H and O–H groups in total. The lowest BCUT2D eigenvalue weighted by Gasteiger charge is -2.21. The van der Waals surface area contributed by atoms with Crippen molar-refractivity contribution in [3.63, 3.8) is 0 Å². The molecule has 0 fully saturated rings. The summed E-state index contributed by atoms with van der Waals surface area (Å²) in [6.45, 7) is 10.2. The molecule has 1 aromatic heterocycles. The standard InChI is InChI=1S/C24H26F3N5OS/c1-4-14-32-22(17-10-12-20(13-11-17)31(5-2)6-3)29-30-23(32)34-16-21(33)28-19-9-7-8-18(15-19)24(25,26)27/h4,7-13,15H,1,5-6,14,16H2,2-3H3,(H,28,33). The fourth-order valence-corrected chi connectivity index (χ4v) is 4.16. The van der Waals surface area contributed by atoms with Gasteiger partial charge in [-0.2, -0.15) is 13.2 Å². The van der Waals surface area contributed by atoms with Gasteiger partial charge in [0.1, 0.15) is 0 Å². The highest BCUT2D eigenvalue weighted by Gasteiger charge is 2.30. The summed E-state index contributed by atoms with van der Waals surface area (Å²) in [5, 5.41) is 11.5. The van der Waals surface area contributed by atoms with Gasteiger partial charge in [0.25, 0.3) is 0 Å². The van der Waals surface area contributed by atoms with E-state index in [4.69, 9.17) is 0 Å². The average molecular weight is 490 g/mol. The lowest BCUT2D eigenvalue weighted by atomic mass is 10.2. The monoisotopic (exact) mass is 489 g/mol. The van der Waals surface area contributed by atoms with Crippen LogP contribution in [-0.2, 0) is 17.5 Å². The molecular formula is C24H26F3N5OS. The number of benzene rings is 2. The van der Waals surface area contributed by atoms with Crippen LogP contribution in [0.3, 0.4) is 0 Å². The van der Waals surface area contributed by atoms with E-state index in [9.17, 15) is 18.0 Å². The third kappa shape index (κ3) is 6.19. The van der Waals surface area contributed by atoms with Gasteiger partial charge in [-0.3, -0.25) is 9.36 Å². The predicted octanol–water partition coefficient (Wildman–Crippen LogP) is 5.73. The van der Waals surface area contributed by atoms with Crippen molar-refractivity contribution in [3.8, 4) is 11.4 Å². The number of halogens is 3. The zero-order chi connectivity index (χ0) is 24.7. The van der Waals surface area contributed by atoms with Crippen molar-refractivity contribution in [1.82, 2.24) is 14.8 Å². The third-order valence-corrected chi connectivity index (χ3v) is 6.06. The Morgan fingerprint density at radius 1 is 1.15 bits per heavy atom. The molecule has 1 heterocycles. The second-order valence-corrected chi connectivity index (χ2v) is 8.28. The van der Waals surface area contributed by atoms with Gasteiger partial charge in [0.05, 0.1) is 11.3 Å². The number of rotatable bonds is 10. The molecule has 0 bridgehead atoms. The molecule has 180 valence electrons. The van der Waals surface area contributed by atoms with Crippen molar-refractivity contribution in [1.29, 1.82) is 0 Å². The number of amides is 1. The number of nitrogens with one attached hydrogen (secondary N) is 1. The zero-order valence-corrected chi connectivity index (χ0v) is 19.8. The quantitative estimate of drug-likeness (QED) is 0.291. The van der Waals surface area contributed by atoms with Crippen LogP contribution in [0, 0.1) is 0 Å². The highest BCUT2D eigenvalue weighted by Crippen LogP contribution is 2.31. The Balaban J connectivity index is 1.71. The van der Waals surface area contributed by atoms with Crippen molar-refractivity contribution in [3.05, 3.63) is 66.7 Å². The Labute approximate surface area is 200 Å². The Bertz CT molecular complexity index is 1120. The summed E-state index contributed by atoms with van der Waals surface area (Å²) >= 11 is 1.15. The fraction of sp³-hybridized carbons (Fsp3) is 0.292. The molecule has 3 rings (SSSR count). The number of hydrogen-bond donors (Lipinski definition) is 1. The van der Waals surface area contributed by atoms with Crippen LogP contribution < -0.4 is 10.2 Å². The molecule has 1 amide bonds. The summed E-state index contributed by atoms with van der Waals surface area (Å²) in [7, 11) is 0. The van der Waals surface area contributed by atoms with E-state index >= 15 is 0 Å². The van der Waals surface area contributed by atoms with Gasteiger partial charge in [0, 0.05) is 36.6 Å². The predicted molar refractivity (Wildman–Crippen MR) is 130 cm³/mol. The lowest BCUT2D eigenvalue weighted by Crippen LogP contribution is -2.21. The molecule has 34 heavy (non-hydrogen) atoms. The van der Waals surface area contributed by atoms with Gasteiger partial charge < -0.3 is 10.2 Å². The number of carbonyl (C=O) groups excluding carboxylic acids is 1. The molecule has 0 atom stereocenters. The smallest absolute Gasteiger partial charge is 0.372 e. The molecule has 0 aliphatic carbocycles. The van der Waals surface area contributed by atoms with Crippen molar-refractivity contribution >= 4 is 29.0 Å². The Morgan fingerprint density at radius 2 is 1.85 bits per heavy atom. The zero-order valence-electron chi connectivity index (χ0n) is 19.0. The van der Waals surface area contributed by atoms with Crippen molar-refractivity contribution < 1.29 is 18.0 Å². The van der Waals surface area contributed by atoms with Gasteiger partial charge in [-0.15, -0.1) is 16.8 Å². The molecule has 0 aliphatic rings. The summed E-state index contributed by atoms with van der Waals surface area (Å²) in [4.78, 5) is 14.6. The molecule has 0 radical (unpaired) electrons. The second kappa shape index (κ2) is 11.2. The van der Waals surface area contributed by atoms with Crippen LogP contribution >= 0.6 is 11.8 Å². The molecule has 3 aromatic rings. The van der Waals surface area contributed by atoms with Crippen LogP contribution in [0.4, 0.5) is 24.5 Å². The van der Waals surface area contributed by atoms with Crippen molar-refractivity contribution in [2.24, 2.45) is 0 Å². The number of alkyl halides is 3. The third-order valence-electron chi connectivity index (χ3n) is 5.09. The summed E-state index contributed by atoms with van der Waals surface area (Å²) < 4.78 is 40.5. The molecule has 0 saturated carbocycles. The number of carbonyl (C=O) groups is 1. The van der Waals surface area contributed by atoms with Gasteiger partial charge in [-0.1, -0.05) is 23.9 Å². The molecular weight excluding hydrogens is 463 g/mol. The number of anilines is 2. The number of aromatic nitrogens is 3. The first kappa shape index (κ1) is 25.4. The van der Waals surface area contributed by atoms with E-state index in [0.717, 1.165) is 48.2 Å². The van der Waals surface area contributed by atoms with E-state index in [1.807, 2.05) is 28.8 Å². The maximum absolute atomic E-state index is 12.9. The Morgan fingerprint density at radius 3 is 2.47 bits per heavy atom. The number of allylic oxidation sites excluding steroid dienone is 1. The lowest BCUT2D eigenvalue weighted by molar-refractivity contribution is -0.137. The molecule has 0 unspecified atom stereocenters. The molecule has 6 nitrogen and oxygen atoms in total. The average Bonchev–Trinajstić information content (AvgIpc) is 3.21. The summed E-state index contributed by atoms with van der Waals surface area (Å²) in [6, 6.07) is 12.6. The van der Waals surface area contributed by atoms with Gasteiger partial charge >= 0.3 is 6.18 Å². The summed E-state index contributed by atoms with van der Waals surface area (Å²) in [5.74, 6) is 0.168. The SMILES string of the molecule is C=CCn1c(SCC(=O)Nc2cccc(C(F)(F)F)c2)nnc1-c1ccc(N(CC)CC)cc1. The first-order valence-corrected chi connectivity index (χ1v) is 11.7. The number of hydrogen-bond acceptors (Lipinski definition) is 5. The van der Waals surface area contributed by atoms with Crippen LogP contribution in [0.15, 0.2) is 66.3 Å². The normalized spacial score (nSPS) is 11.3. The van der Waals surface area contributed by atoms with Gasteiger partial charge in [-0.25, -0.2) is 0 Å². The summed E-state index contributed by atoms with van der Waals surface area (Å²) in [5.41, 5.74) is 1.26. The van der Waals surface area contributed by atoms with Crippen LogP contribution in [0.25, 0.3) is 11.4 Å². The van der Waals surface area contributed by atoms with Gasteiger partial charge in [0.2, 0.25) is 5.91 Å². The van der Waals surface area contributed by atoms with Crippen LogP contribution in [-0.4, -0.2) is 39.5 Å². The van der Waals surface area contributed by atoms with Gasteiger partial charge in [0.15, 0.2) is 11.0 Å².